The molecule has 8 heteroatoms. The van der Waals surface area contributed by atoms with E-state index in [0.717, 1.165) is 22.6 Å². The summed E-state index contributed by atoms with van der Waals surface area (Å²) in [6, 6.07) is 24.8. The van der Waals surface area contributed by atoms with Crippen molar-refractivity contribution in [2.45, 2.75) is 6.54 Å². The van der Waals surface area contributed by atoms with E-state index in [1.165, 1.54) is 6.07 Å². The monoisotopic (exact) mass is 521 g/mol. The van der Waals surface area contributed by atoms with Crippen molar-refractivity contribution in [3.8, 4) is 0 Å². The molecule has 2 amide bonds. The van der Waals surface area contributed by atoms with Crippen LogP contribution in [-0.2, 0) is 6.54 Å². The highest BCUT2D eigenvalue weighted by Crippen LogP contribution is 2.39. The Kier molecular flexibility index (Phi) is 6.39. The maximum atomic E-state index is 13.8. The molecule has 5 rings (SSSR count). The molecule has 1 aliphatic rings. The van der Waals surface area contributed by atoms with Gasteiger partial charge in [0.15, 0.2) is 0 Å². The average Bonchev–Trinajstić information content (AvgIpc) is 3.00. The predicted octanol–water partition coefficient (Wildman–Crippen LogP) is 7.80. The molecule has 1 aliphatic heterocycles. The van der Waals surface area contributed by atoms with Crippen molar-refractivity contribution < 1.29 is 9.59 Å². The summed E-state index contributed by atoms with van der Waals surface area (Å²) in [6.07, 6.45) is 0. The minimum absolute atomic E-state index is 0.210. The molecule has 0 saturated heterocycles. The molecule has 0 atom stereocenters. The van der Waals surface area contributed by atoms with Gasteiger partial charge in [-0.1, -0.05) is 65.1 Å². The lowest BCUT2D eigenvalue weighted by Crippen LogP contribution is -2.26. The highest BCUT2D eigenvalue weighted by Gasteiger charge is 2.28. The molecule has 5 nitrogen and oxygen atoms in total. The number of rotatable bonds is 3. The molecule has 0 saturated carbocycles. The van der Waals surface area contributed by atoms with E-state index in [-0.39, 0.29) is 21.5 Å². The number of nitrogens with zero attached hydrogens (tertiary/aromatic N) is 1. The first-order chi connectivity index (χ1) is 16.9. The number of anilines is 4. The molecule has 4 aromatic carbocycles. The second-order valence-electron chi connectivity index (χ2n) is 7.91. The summed E-state index contributed by atoms with van der Waals surface area (Å²) in [4.78, 5) is 28.2. The maximum absolute atomic E-state index is 13.8. The van der Waals surface area contributed by atoms with Crippen LogP contribution >= 0.6 is 34.8 Å². The Bertz CT molecular complexity index is 1420. The lowest BCUT2D eigenvalue weighted by atomic mass is 10.1. The van der Waals surface area contributed by atoms with Gasteiger partial charge < -0.3 is 10.6 Å². The minimum atomic E-state index is -0.414. The third-order valence-electron chi connectivity index (χ3n) is 5.68. The zero-order chi connectivity index (χ0) is 24.5. The molecule has 0 aromatic heterocycles. The molecule has 0 bridgehead atoms. The Balaban J connectivity index is 1.48. The zero-order valence-corrected chi connectivity index (χ0v) is 20.5. The lowest BCUT2D eigenvalue weighted by Gasteiger charge is -2.25. The molecule has 174 valence electrons. The van der Waals surface area contributed by atoms with Crippen LogP contribution in [0.3, 0.4) is 0 Å². The molecule has 1 heterocycles. The summed E-state index contributed by atoms with van der Waals surface area (Å²) >= 11 is 18.6. The van der Waals surface area contributed by atoms with Gasteiger partial charge in [-0.05, 0) is 60.2 Å². The number of carbonyl (C=O) groups excluding carboxylic acids is 2. The fraction of sp³-hybridized carbons (Fsp3) is 0.0370. The smallest absolute Gasteiger partial charge is 0.264 e. The van der Waals surface area contributed by atoms with Crippen LogP contribution < -0.4 is 15.5 Å². The van der Waals surface area contributed by atoms with Crippen molar-refractivity contribution in [3.05, 3.63) is 117 Å². The van der Waals surface area contributed by atoms with Gasteiger partial charge in [0.25, 0.3) is 11.8 Å². The Morgan fingerprint density at radius 2 is 1.46 bits per heavy atom. The van der Waals surface area contributed by atoms with Crippen LogP contribution in [-0.4, -0.2) is 11.8 Å². The first kappa shape index (κ1) is 23.2. The summed E-state index contributed by atoms with van der Waals surface area (Å²) in [5.41, 5.74) is 4.35. The topological polar surface area (TPSA) is 61.4 Å². The van der Waals surface area contributed by atoms with Crippen molar-refractivity contribution in [1.82, 2.24) is 0 Å². The van der Waals surface area contributed by atoms with Gasteiger partial charge in [0.05, 0.1) is 38.2 Å². The Labute approximate surface area is 217 Å². The quantitative estimate of drug-likeness (QED) is 0.288. The number of halogens is 3. The van der Waals surface area contributed by atoms with Crippen LogP contribution in [0.4, 0.5) is 22.7 Å². The molecule has 0 spiro atoms. The number of hydrogen-bond donors (Lipinski definition) is 2. The molecule has 0 unspecified atom stereocenters. The van der Waals surface area contributed by atoms with Gasteiger partial charge >= 0.3 is 0 Å². The lowest BCUT2D eigenvalue weighted by molar-refractivity contribution is 0.0997. The van der Waals surface area contributed by atoms with E-state index in [2.05, 4.69) is 10.6 Å². The van der Waals surface area contributed by atoms with E-state index in [1.807, 2.05) is 48.5 Å². The summed E-state index contributed by atoms with van der Waals surface area (Å²) in [5.74, 6) is -0.694. The van der Waals surface area contributed by atoms with E-state index in [0.29, 0.717) is 22.8 Å². The number of carbonyl (C=O) groups is 2. The second-order valence-corrected chi connectivity index (χ2v) is 9.16. The fourth-order valence-corrected chi connectivity index (χ4v) is 4.75. The molecule has 0 aliphatic carbocycles. The molecule has 0 radical (unpaired) electrons. The van der Waals surface area contributed by atoms with Gasteiger partial charge in [0, 0.05) is 17.3 Å². The third kappa shape index (κ3) is 4.58. The summed E-state index contributed by atoms with van der Waals surface area (Å²) in [5, 5.41) is 7.03. The van der Waals surface area contributed by atoms with Crippen LogP contribution in [0.2, 0.25) is 15.1 Å². The van der Waals surface area contributed by atoms with Crippen LogP contribution in [0.1, 0.15) is 26.3 Å². The summed E-state index contributed by atoms with van der Waals surface area (Å²) < 4.78 is 0. The van der Waals surface area contributed by atoms with E-state index in [4.69, 9.17) is 34.8 Å². The van der Waals surface area contributed by atoms with Crippen molar-refractivity contribution in [2.75, 3.05) is 15.5 Å². The zero-order valence-electron chi connectivity index (χ0n) is 18.2. The number of para-hydroxylation sites is 3. The largest absolute Gasteiger partial charge is 0.379 e. The van der Waals surface area contributed by atoms with Crippen LogP contribution in [0.15, 0.2) is 84.9 Å². The van der Waals surface area contributed by atoms with Crippen LogP contribution in [0.5, 0.6) is 0 Å². The minimum Gasteiger partial charge on any atom is -0.379 e. The van der Waals surface area contributed by atoms with Gasteiger partial charge in [0.1, 0.15) is 0 Å². The number of nitrogens with one attached hydrogen (secondary N) is 2. The number of benzene rings is 4. The van der Waals surface area contributed by atoms with Gasteiger partial charge in [-0.15, -0.1) is 0 Å². The number of amides is 2. The molecular formula is C27H18Cl3N3O2. The Hall–Kier alpha value is -3.51. The number of hydrogen-bond acceptors (Lipinski definition) is 3. The normalized spacial score (nSPS) is 12.1. The van der Waals surface area contributed by atoms with Gasteiger partial charge in [-0.2, -0.15) is 0 Å². The van der Waals surface area contributed by atoms with Crippen molar-refractivity contribution in [3.63, 3.8) is 0 Å². The Morgan fingerprint density at radius 3 is 2.23 bits per heavy atom. The average molecular weight is 523 g/mol. The van der Waals surface area contributed by atoms with Crippen molar-refractivity contribution in [1.29, 1.82) is 0 Å². The van der Waals surface area contributed by atoms with E-state index >= 15 is 0 Å². The van der Waals surface area contributed by atoms with Crippen LogP contribution in [0.25, 0.3) is 0 Å². The van der Waals surface area contributed by atoms with E-state index < -0.39 is 5.91 Å². The highest BCUT2D eigenvalue weighted by atomic mass is 35.5. The first-order valence-corrected chi connectivity index (χ1v) is 11.9. The van der Waals surface area contributed by atoms with Gasteiger partial charge in [-0.25, -0.2) is 0 Å². The third-order valence-corrected chi connectivity index (χ3v) is 6.54. The maximum Gasteiger partial charge on any atom is 0.264 e. The fourth-order valence-electron chi connectivity index (χ4n) is 3.99. The molecule has 35 heavy (non-hydrogen) atoms. The van der Waals surface area contributed by atoms with E-state index in [1.54, 1.807) is 35.2 Å². The number of fused-ring (bicyclic) bond motifs is 2. The van der Waals surface area contributed by atoms with Crippen molar-refractivity contribution in [2.24, 2.45) is 0 Å². The van der Waals surface area contributed by atoms with Crippen LogP contribution in [0, 0.1) is 0 Å². The predicted molar refractivity (Wildman–Crippen MR) is 143 cm³/mol. The van der Waals surface area contributed by atoms with E-state index in [9.17, 15) is 9.59 Å². The Morgan fingerprint density at radius 1 is 0.771 bits per heavy atom. The summed E-state index contributed by atoms with van der Waals surface area (Å²) in [7, 11) is 0. The highest BCUT2D eigenvalue weighted by molar-refractivity contribution is 6.37. The summed E-state index contributed by atoms with van der Waals surface area (Å²) in [6.45, 7) is 0.586. The molecule has 2 N–H and O–H groups in total. The molecule has 0 fully saturated rings. The van der Waals surface area contributed by atoms with Gasteiger partial charge in [-0.3, -0.25) is 14.5 Å². The molecular weight excluding hydrogens is 505 g/mol. The first-order valence-electron chi connectivity index (χ1n) is 10.7. The molecule has 4 aromatic rings. The van der Waals surface area contributed by atoms with Gasteiger partial charge in [0.2, 0.25) is 0 Å². The standard InChI is InChI=1S/C27H18Cl3N3O2/c28-17-9-11-19(21(29)13-17)26(34)32-18-10-12-20(22(30)14-18)27(35)33-24-7-3-1-5-16(24)15-31-23-6-2-4-8-25(23)33/h1-14,31H,15H2,(H,32,34). The SMILES string of the molecule is O=C(Nc1ccc(C(=O)N2c3ccccc3CNc3ccccc32)c(Cl)c1)c1ccc(Cl)cc1Cl. The second kappa shape index (κ2) is 9.62. The van der Waals surface area contributed by atoms with Crippen molar-refractivity contribution >= 4 is 69.4 Å².